The molecule has 5 nitrogen and oxygen atoms in total. The van der Waals surface area contributed by atoms with Gasteiger partial charge in [0.05, 0.1) is 6.54 Å². The lowest BCUT2D eigenvalue weighted by molar-refractivity contribution is 0.119. The van der Waals surface area contributed by atoms with Crippen LogP contribution in [-0.2, 0) is 26.1 Å². The van der Waals surface area contributed by atoms with Gasteiger partial charge in [-0.3, -0.25) is 9.80 Å². The second-order valence-electron chi connectivity index (χ2n) is 6.33. The molecule has 0 bridgehead atoms. The van der Waals surface area contributed by atoms with E-state index in [9.17, 15) is 0 Å². The summed E-state index contributed by atoms with van der Waals surface area (Å²) in [6, 6.07) is 10.8. The van der Waals surface area contributed by atoms with E-state index in [-0.39, 0.29) is 0 Å². The number of fused-ring (bicyclic) bond motifs is 1. The number of piperazine rings is 1. The SMILES string of the molecule is c1ccc(CN2CCN(Cc3nnc4n3CCC4)CC2)cc1. The monoisotopic (exact) mass is 297 g/mol. The van der Waals surface area contributed by atoms with Crippen LogP contribution < -0.4 is 0 Å². The second kappa shape index (κ2) is 6.18. The molecule has 0 amide bonds. The van der Waals surface area contributed by atoms with Gasteiger partial charge < -0.3 is 4.57 Å². The van der Waals surface area contributed by atoms with Crippen molar-refractivity contribution in [3.8, 4) is 0 Å². The highest BCUT2D eigenvalue weighted by Crippen LogP contribution is 2.16. The Labute approximate surface area is 131 Å². The van der Waals surface area contributed by atoms with E-state index >= 15 is 0 Å². The van der Waals surface area contributed by atoms with E-state index in [4.69, 9.17) is 0 Å². The van der Waals surface area contributed by atoms with Gasteiger partial charge in [-0.1, -0.05) is 30.3 Å². The van der Waals surface area contributed by atoms with E-state index in [0.717, 1.165) is 58.1 Å². The molecule has 2 aliphatic rings. The largest absolute Gasteiger partial charge is 0.314 e. The number of hydrogen-bond donors (Lipinski definition) is 0. The molecule has 116 valence electrons. The first-order valence-electron chi connectivity index (χ1n) is 8.28. The number of rotatable bonds is 4. The lowest BCUT2D eigenvalue weighted by Crippen LogP contribution is -2.45. The Morgan fingerprint density at radius 2 is 1.55 bits per heavy atom. The van der Waals surface area contributed by atoms with Crippen molar-refractivity contribution in [2.24, 2.45) is 0 Å². The molecule has 4 rings (SSSR count). The third kappa shape index (κ3) is 2.91. The molecule has 2 aromatic rings. The Morgan fingerprint density at radius 1 is 0.818 bits per heavy atom. The first kappa shape index (κ1) is 13.9. The standard InChI is InChI=1S/C17H23N5/c1-2-5-15(6-3-1)13-20-9-11-21(12-10-20)14-17-19-18-16-7-4-8-22(16)17/h1-3,5-6H,4,7-14H2. The molecule has 0 N–H and O–H groups in total. The number of benzene rings is 1. The summed E-state index contributed by atoms with van der Waals surface area (Å²) in [5, 5.41) is 8.69. The Kier molecular flexibility index (Phi) is 3.91. The molecule has 1 saturated heterocycles. The topological polar surface area (TPSA) is 37.2 Å². The fourth-order valence-electron chi connectivity index (χ4n) is 3.47. The van der Waals surface area contributed by atoms with Crippen molar-refractivity contribution in [3.63, 3.8) is 0 Å². The van der Waals surface area contributed by atoms with Crippen molar-refractivity contribution in [1.82, 2.24) is 24.6 Å². The third-order valence-corrected chi connectivity index (χ3v) is 4.77. The van der Waals surface area contributed by atoms with Gasteiger partial charge in [0.1, 0.15) is 11.6 Å². The van der Waals surface area contributed by atoms with Crippen molar-refractivity contribution >= 4 is 0 Å². The van der Waals surface area contributed by atoms with Crippen molar-refractivity contribution < 1.29 is 0 Å². The van der Waals surface area contributed by atoms with Gasteiger partial charge in [0.2, 0.25) is 0 Å². The van der Waals surface area contributed by atoms with E-state index in [2.05, 4.69) is 54.9 Å². The van der Waals surface area contributed by atoms with Gasteiger partial charge in [-0.15, -0.1) is 10.2 Å². The van der Waals surface area contributed by atoms with Gasteiger partial charge in [0.25, 0.3) is 0 Å². The molecule has 1 fully saturated rings. The Hall–Kier alpha value is -1.72. The highest BCUT2D eigenvalue weighted by atomic mass is 15.3. The van der Waals surface area contributed by atoms with E-state index < -0.39 is 0 Å². The molecule has 1 aromatic heterocycles. The average molecular weight is 297 g/mol. The van der Waals surface area contributed by atoms with Crippen LogP contribution in [0.5, 0.6) is 0 Å². The molecular weight excluding hydrogens is 274 g/mol. The molecule has 0 saturated carbocycles. The maximum Gasteiger partial charge on any atom is 0.147 e. The van der Waals surface area contributed by atoms with Crippen LogP contribution in [0, 0.1) is 0 Å². The second-order valence-corrected chi connectivity index (χ2v) is 6.33. The first-order chi connectivity index (χ1) is 10.9. The van der Waals surface area contributed by atoms with Crippen LogP contribution in [0.2, 0.25) is 0 Å². The molecule has 22 heavy (non-hydrogen) atoms. The minimum atomic E-state index is 0.951. The van der Waals surface area contributed by atoms with E-state index in [1.54, 1.807) is 0 Å². The zero-order chi connectivity index (χ0) is 14.8. The highest BCUT2D eigenvalue weighted by Gasteiger charge is 2.22. The fraction of sp³-hybridized carbons (Fsp3) is 0.529. The number of aromatic nitrogens is 3. The fourth-order valence-corrected chi connectivity index (χ4v) is 3.47. The Morgan fingerprint density at radius 3 is 2.32 bits per heavy atom. The lowest BCUT2D eigenvalue weighted by atomic mass is 10.2. The molecule has 5 heteroatoms. The van der Waals surface area contributed by atoms with Crippen LogP contribution in [0.4, 0.5) is 0 Å². The van der Waals surface area contributed by atoms with Crippen LogP contribution in [0.25, 0.3) is 0 Å². The summed E-state index contributed by atoms with van der Waals surface area (Å²) in [6.45, 7) is 7.63. The van der Waals surface area contributed by atoms with E-state index in [1.165, 1.54) is 17.8 Å². The molecule has 3 heterocycles. The zero-order valence-corrected chi connectivity index (χ0v) is 13.0. The van der Waals surface area contributed by atoms with Crippen LogP contribution in [0.15, 0.2) is 30.3 Å². The summed E-state index contributed by atoms with van der Waals surface area (Å²) < 4.78 is 2.32. The summed E-state index contributed by atoms with van der Waals surface area (Å²) in [7, 11) is 0. The lowest BCUT2D eigenvalue weighted by Gasteiger charge is -2.34. The molecule has 0 aliphatic carbocycles. The van der Waals surface area contributed by atoms with Gasteiger partial charge in [0.15, 0.2) is 0 Å². The molecule has 0 unspecified atom stereocenters. The minimum Gasteiger partial charge on any atom is -0.314 e. The van der Waals surface area contributed by atoms with Crippen molar-refractivity contribution in [1.29, 1.82) is 0 Å². The quantitative estimate of drug-likeness (QED) is 0.858. The molecule has 1 aromatic carbocycles. The Bertz CT molecular complexity index is 613. The average Bonchev–Trinajstić information content (AvgIpc) is 3.15. The first-order valence-corrected chi connectivity index (χ1v) is 8.28. The number of nitrogens with zero attached hydrogens (tertiary/aromatic N) is 5. The molecule has 0 spiro atoms. The van der Waals surface area contributed by atoms with Gasteiger partial charge in [-0.2, -0.15) is 0 Å². The normalized spacial score (nSPS) is 19.5. The highest BCUT2D eigenvalue weighted by molar-refractivity contribution is 5.14. The summed E-state index contributed by atoms with van der Waals surface area (Å²) in [5.41, 5.74) is 1.41. The third-order valence-electron chi connectivity index (χ3n) is 4.77. The number of hydrogen-bond acceptors (Lipinski definition) is 4. The van der Waals surface area contributed by atoms with Crippen LogP contribution in [0.3, 0.4) is 0 Å². The van der Waals surface area contributed by atoms with Gasteiger partial charge in [-0.05, 0) is 12.0 Å². The zero-order valence-electron chi connectivity index (χ0n) is 13.0. The van der Waals surface area contributed by atoms with Crippen molar-refractivity contribution in [2.45, 2.75) is 32.5 Å². The Balaban J connectivity index is 1.30. The van der Waals surface area contributed by atoms with E-state index in [1.807, 2.05) is 0 Å². The molecule has 0 radical (unpaired) electrons. The van der Waals surface area contributed by atoms with Crippen LogP contribution in [-0.4, -0.2) is 50.7 Å². The number of aryl methyl sites for hydroxylation is 1. The maximum absolute atomic E-state index is 4.38. The molecule has 0 atom stereocenters. The summed E-state index contributed by atoms with van der Waals surface area (Å²) >= 11 is 0. The van der Waals surface area contributed by atoms with Gasteiger partial charge >= 0.3 is 0 Å². The van der Waals surface area contributed by atoms with Crippen LogP contribution >= 0.6 is 0 Å². The predicted octanol–water partition coefficient (Wildman–Crippen LogP) is 1.54. The maximum atomic E-state index is 4.38. The van der Waals surface area contributed by atoms with Crippen molar-refractivity contribution in [3.05, 3.63) is 47.5 Å². The summed E-state index contributed by atoms with van der Waals surface area (Å²) in [5.74, 6) is 2.33. The van der Waals surface area contributed by atoms with Crippen LogP contribution in [0.1, 0.15) is 23.6 Å². The van der Waals surface area contributed by atoms with E-state index in [0.29, 0.717) is 0 Å². The summed E-state index contributed by atoms with van der Waals surface area (Å²) in [4.78, 5) is 5.05. The van der Waals surface area contributed by atoms with Gasteiger partial charge in [0, 0.05) is 45.7 Å². The summed E-state index contributed by atoms with van der Waals surface area (Å²) in [6.07, 6.45) is 2.32. The predicted molar refractivity (Wildman–Crippen MR) is 85.3 cm³/mol. The molecule has 2 aliphatic heterocycles. The minimum absolute atomic E-state index is 0.951. The van der Waals surface area contributed by atoms with Crippen molar-refractivity contribution in [2.75, 3.05) is 26.2 Å². The smallest absolute Gasteiger partial charge is 0.147 e. The van der Waals surface area contributed by atoms with Gasteiger partial charge in [-0.25, -0.2) is 0 Å². The molecular formula is C17H23N5.